The average Bonchev–Trinajstić information content (AvgIpc) is 2.23. The fourth-order valence-corrected chi connectivity index (χ4v) is 1.88. The van der Waals surface area contributed by atoms with Gasteiger partial charge in [-0.25, -0.2) is 0 Å². The Kier molecular flexibility index (Phi) is 4.93. The lowest BCUT2D eigenvalue weighted by Gasteiger charge is -2.35. The molecule has 0 spiro atoms. The van der Waals surface area contributed by atoms with Crippen LogP contribution in [0.4, 0.5) is 0 Å². The maximum absolute atomic E-state index is 11.9. The molecule has 1 aliphatic heterocycles. The van der Waals surface area contributed by atoms with Gasteiger partial charge in [0.05, 0.1) is 18.6 Å². The molecule has 1 heterocycles. The van der Waals surface area contributed by atoms with E-state index in [2.05, 4.69) is 0 Å². The van der Waals surface area contributed by atoms with Gasteiger partial charge in [-0.2, -0.15) is 0 Å². The molecule has 1 radical (unpaired) electrons. The summed E-state index contributed by atoms with van der Waals surface area (Å²) < 4.78 is 5.55. The minimum atomic E-state index is -0.377. The molecule has 2 N–H and O–H groups in total. The van der Waals surface area contributed by atoms with Gasteiger partial charge in [0.15, 0.2) is 0 Å². The number of nitrogens with two attached hydrogens (primary N) is 1. The van der Waals surface area contributed by atoms with Gasteiger partial charge in [0.25, 0.3) is 0 Å². The number of carbonyl (C=O) groups excluding carboxylic acids is 2. The van der Waals surface area contributed by atoms with Crippen LogP contribution in [0.3, 0.4) is 0 Å². The van der Waals surface area contributed by atoms with E-state index in [1.165, 1.54) is 0 Å². The van der Waals surface area contributed by atoms with Gasteiger partial charge >= 0.3 is 0 Å². The molecule has 1 fully saturated rings. The fraction of sp³-hybridized carbons (Fsp3) is 0.750. The lowest BCUT2D eigenvalue weighted by atomic mass is 10.0. The first kappa shape index (κ1) is 14.0. The van der Waals surface area contributed by atoms with E-state index in [-0.39, 0.29) is 29.9 Å². The zero-order valence-electron chi connectivity index (χ0n) is 10.7. The number of hydrogen-bond acceptors (Lipinski definition) is 3. The van der Waals surface area contributed by atoms with Crippen molar-refractivity contribution in [2.45, 2.75) is 39.4 Å². The normalized spacial score (nSPS) is 26.6. The van der Waals surface area contributed by atoms with Crippen molar-refractivity contribution in [2.24, 2.45) is 11.7 Å². The van der Waals surface area contributed by atoms with Crippen LogP contribution in [-0.4, -0.2) is 42.0 Å². The van der Waals surface area contributed by atoms with E-state index in [1.54, 1.807) is 18.2 Å². The first-order valence-corrected chi connectivity index (χ1v) is 5.97. The topological polar surface area (TPSA) is 72.6 Å². The van der Waals surface area contributed by atoms with Crippen molar-refractivity contribution in [2.75, 3.05) is 13.1 Å². The molecule has 0 aliphatic carbocycles. The summed E-state index contributed by atoms with van der Waals surface area (Å²) in [5.41, 5.74) is 5.14. The molecule has 1 saturated heterocycles. The second kappa shape index (κ2) is 6.00. The van der Waals surface area contributed by atoms with Crippen LogP contribution in [0.1, 0.15) is 27.2 Å². The largest absolute Gasteiger partial charge is 0.372 e. The fourth-order valence-electron chi connectivity index (χ4n) is 1.88. The molecule has 5 heteroatoms. The standard InChI is InChI=1S/C12H21N2O3/c1-8(12(13)16)4-5-11(15)14-6-9(2)17-10(3)7-14/h5,8-10H,4,6-7H2,1-3H3,(H2,13,16)/t8?,9-,10?/m0/s1. The third-order valence-electron chi connectivity index (χ3n) is 2.86. The summed E-state index contributed by atoms with van der Waals surface area (Å²) in [4.78, 5) is 24.5. The van der Waals surface area contributed by atoms with E-state index < -0.39 is 0 Å². The molecule has 5 nitrogen and oxygen atoms in total. The Hall–Kier alpha value is -1.10. The van der Waals surface area contributed by atoms with Crippen LogP contribution in [0.5, 0.6) is 0 Å². The van der Waals surface area contributed by atoms with Gasteiger partial charge in [0.2, 0.25) is 11.8 Å². The molecule has 0 aromatic rings. The second-order valence-corrected chi connectivity index (χ2v) is 4.74. The Balaban J connectivity index is 2.39. The second-order valence-electron chi connectivity index (χ2n) is 4.74. The summed E-state index contributed by atoms with van der Waals surface area (Å²) in [6.07, 6.45) is 2.06. The summed E-state index contributed by atoms with van der Waals surface area (Å²) in [5, 5.41) is 0. The number of rotatable bonds is 4. The third-order valence-corrected chi connectivity index (χ3v) is 2.86. The highest BCUT2D eigenvalue weighted by molar-refractivity contribution is 5.86. The van der Waals surface area contributed by atoms with Crippen LogP contribution < -0.4 is 5.73 Å². The predicted molar refractivity (Wildman–Crippen MR) is 63.9 cm³/mol. The maximum Gasteiger partial charge on any atom is 0.226 e. The Morgan fingerprint density at radius 1 is 1.41 bits per heavy atom. The molecule has 17 heavy (non-hydrogen) atoms. The number of nitrogens with zero attached hydrogens (tertiary/aromatic N) is 1. The maximum atomic E-state index is 11.9. The van der Waals surface area contributed by atoms with Gasteiger partial charge in [-0.05, 0) is 20.3 Å². The molecule has 3 atom stereocenters. The number of primary amides is 1. The van der Waals surface area contributed by atoms with Gasteiger partial charge < -0.3 is 15.4 Å². The number of hydrogen-bond donors (Lipinski definition) is 1. The molecule has 0 aromatic heterocycles. The van der Waals surface area contributed by atoms with Crippen molar-refractivity contribution in [3.05, 3.63) is 6.42 Å². The van der Waals surface area contributed by atoms with E-state index in [9.17, 15) is 9.59 Å². The molecular formula is C12H21N2O3. The van der Waals surface area contributed by atoms with Gasteiger partial charge in [0, 0.05) is 19.0 Å². The molecule has 0 aromatic carbocycles. The molecular weight excluding hydrogens is 220 g/mol. The van der Waals surface area contributed by atoms with Crippen molar-refractivity contribution >= 4 is 11.8 Å². The summed E-state index contributed by atoms with van der Waals surface area (Å²) >= 11 is 0. The zero-order chi connectivity index (χ0) is 13.0. The van der Waals surface area contributed by atoms with Crippen LogP contribution in [-0.2, 0) is 14.3 Å². The van der Waals surface area contributed by atoms with Crippen LogP contribution in [0.2, 0.25) is 0 Å². The summed E-state index contributed by atoms with van der Waals surface area (Å²) in [5.74, 6) is -0.715. The molecule has 0 saturated carbocycles. The number of ether oxygens (including phenoxy) is 1. The van der Waals surface area contributed by atoms with Crippen LogP contribution >= 0.6 is 0 Å². The third kappa shape index (κ3) is 4.34. The highest BCUT2D eigenvalue weighted by Gasteiger charge is 2.26. The minimum Gasteiger partial charge on any atom is -0.372 e. The first-order valence-electron chi connectivity index (χ1n) is 5.97. The predicted octanol–water partition coefficient (Wildman–Crippen LogP) is 0.338. The lowest BCUT2D eigenvalue weighted by molar-refractivity contribution is -0.139. The van der Waals surface area contributed by atoms with Crippen molar-refractivity contribution in [3.8, 4) is 0 Å². The summed E-state index contributed by atoms with van der Waals surface area (Å²) in [7, 11) is 0. The van der Waals surface area contributed by atoms with E-state index in [4.69, 9.17) is 10.5 Å². The first-order chi connectivity index (χ1) is 7.90. The molecule has 97 valence electrons. The number of morpholine rings is 1. The lowest BCUT2D eigenvalue weighted by Crippen LogP contribution is -2.48. The van der Waals surface area contributed by atoms with Crippen LogP contribution in [0.25, 0.3) is 0 Å². The van der Waals surface area contributed by atoms with E-state index in [0.717, 1.165) is 0 Å². The SMILES string of the molecule is CC1CN(C(=O)[CH]CC(C)C(N)=O)C[C@H](C)O1. The van der Waals surface area contributed by atoms with Crippen LogP contribution in [0.15, 0.2) is 0 Å². The number of carbonyl (C=O) groups is 2. The van der Waals surface area contributed by atoms with Crippen molar-refractivity contribution < 1.29 is 14.3 Å². The molecule has 1 rings (SSSR count). The monoisotopic (exact) mass is 241 g/mol. The summed E-state index contributed by atoms with van der Waals surface area (Å²) in [6, 6.07) is 0. The van der Waals surface area contributed by atoms with Crippen molar-refractivity contribution in [1.29, 1.82) is 0 Å². The highest BCUT2D eigenvalue weighted by atomic mass is 16.5. The highest BCUT2D eigenvalue weighted by Crippen LogP contribution is 2.13. The average molecular weight is 241 g/mol. The van der Waals surface area contributed by atoms with E-state index in [1.807, 2.05) is 13.8 Å². The van der Waals surface area contributed by atoms with Crippen molar-refractivity contribution in [1.82, 2.24) is 4.90 Å². The molecule has 1 aliphatic rings. The number of amides is 2. The van der Waals surface area contributed by atoms with Gasteiger partial charge in [-0.1, -0.05) is 6.92 Å². The Bertz CT molecular complexity index is 283. The molecule has 0 bridgehead atoms. The smallest absolute Gasteiger partial charge is 0.226 e. The quantitative estimate of drug-likeness (QED) is 0.771. The van der Waals surface area contributed by atoms with Gasteiger partial charge in [0.1, 0.15) is 0 Å². The Morgan fingerprint density at radius 2 is 1.94 bits per heavy atom. The minimum absolute atomic E-state index is 0.0416. The van der Waals surface area contributed by atoms with Gasteiger partial charge in [-0.3, -0.25) is 9.59 Å². The van der Waals surface area contributed by atoms with Crippen LogP contribution in [0, 0.1) is 12.3 Å². The van der Waals surface area contributed by atoms with E-state index in [0.29, 0.717) is 19.5 Å². The Morgan fingerprint density at radius 3 is 2.41 bits per heavy atom. The summed E-state index contributed by atoms with van der Waals surface area (Å²) in [6.45, 7) is 6.82. The Labute approximate surface area is 102 Å². The zero-order valence-corrected chi connectivity index (χ0v) is 10.7. The van der Waals surface area contributed by atoms with E-state index >= 15 is 0 Å². The molecule has 2 amide bonds. The van der Waals surface area contributed by atoms with Crippen molar-refractivity contribution in [3.63, 3.8) is 0 Å². The van der Waals surface area contributed by atoms with Gasteiger partial charge in [-0.15, -0.1) is 0 Å². The molecule has 2 unspecified atom stereocenters.